The molecule has 0 amide bonds. The van der Waals surface area contributed by atoms with Crippen molar-refractivity contribution in [2.45, 2.75) is 12.5 Å². The van der Waals surface area contributed by atoms with Crippen molar-refractivity contribution in [3.05, 3.63) is 0 Å². The minimum atomic E-state index is -2.64. The molecule has 52 valence electrons. The maximum Gasteiger partial charge on any atom is 0.509 e. The summed E-state index contributed by atoms with van der Waals surface area (Å²) in [6, 6.07) is 0. The number of hydrogen-bond acceptors (Lipinski definition) is 3. The first-order valence-electron chi connectivity index (χ1n) is 2.31. The fourth-order valence-electron chi connectivity index (χ4n) is 0.466. The Hall–Kier alpha value is -0.870. The van der Waals surface area contributed by atoms with Gasteiger partial charge in [0.1, 0.15) is 6.61 Å². The zero-order valence-corrected chi connectivity index (χ0v) is 4.34. The number of carbonyl (C=O) groups excluding carboxylic acids is 1. The summed E-state index contributed by atoms with van der Waals surface area (Å²) in [5, 5.41) is 0. The van der Waals surface area contributed by atoms with E-state index in [0.717, 1.165) is 0 Å². The molecular formula is C4H4F2O3. The van der Waals surface area contributed by atoms with Crippen LogP contribution in [0.3, 0.4) is 0 Å². The number of hydrogen-bond donors (Lipinski definition) is 0. The van der Waals surface area contributed by atoms with E-state index in [1.807, 2.05) is 0 Å². The number of carbonyl (C=O) groups is 1. The Morgan fingerprint density at radius 3 is 2.56 bits per heavy atom. The first kappa shape index (κ1) is 6.25. The Kier molecular flexibility index (Phi) is 1.50. The van der Waals surface area contributed by atoms with Crippen molar-refractivity contribution in [3.8, 4) is 0 Å². The third kappa shape index (κ3) is 1.28. The van der Waals surface area contributed by atoms with E-state index < -0.39 is 18.7 Å². The maximum absolute atomic E-state index is 11.6. The molecular weight excluding hydrogens is 134 g/mol. The van der Waals surface area contributed by atoms with Gasteiger partial charge in [0.05, 0.1) is 0 Å². The van der Waals surface area contributed by atoms with Crippen LogP contribution in [0.2, 0.25) is 0 Å². The van der Waals surface area contributed by atoms with Crippen LogP contribution in [-0.4, -0.2) is 25.3 Å². The molecule has 3 nitrogen and oxygen atoms in total. The fraction of sp³-hybridized carbons (Fsp3) is 0.750. The Balaban J connectivity index is 2.39. The molecule has 0 unspecified atom stereocenters. The summed E-state index contributed by atoms with van der Waals surface area (Å²) < 4.78 is 31.2. The molecule has 0 radical (unpaired) electrons. The highest BCUT2D eigenvalue weighted by atomic mass is 19.3. The minimum absolute atomic E-state index is 0.337. The molecule has 1 saturated heterocycles. The summed E-state index contributed by atoms with van der Waals surface area (Å²) >= 11 is 0. The molecule has 1 rings (SSSR count). The van der Waals surface area contributed by atoms with Crippen molar-refractivity contribution in [1.29, 1.82) is 0 Å². The van der Waals surface area contributed by atoms with E-state index in [1.165, 1.54) is 0 Å². The second kappa shape index (κ2) is 2.16. The summed E-state index contributed by atoms with van der Waals surface area (Å²) in [6.45, 7) is -0.337. The Morgan fingerprint density at radius 2 is 2.33 bits per heavy atom. The molecule has 0 saturated carbocycles. The van der Waals surface area contributed by atoms with Gasteiger partial charge in [-0.25, -0.2) is 13.6 Å². The normalized spacial score (nSPS) is 26.1. The van der Waals surface area contributed by atoms with Crippen LogP contribution in [-0.2, 0) is 9.47 Å². The van der Waals surface area contributed by atoms with Crippen LogP contribution >= 0.6 is 0 Å². The van der Waals surface area contributed by atoms with Crippen LogP contribution in [0, 0.1) is 0 Å². The van der Waals surface area contributed by atoms with Crippen LogP contribution < -0.4 is 0 Å². The molecule has 0 aromatic heterocycles. The van der Waals surface area contributed by atoms with E-state index in [9.17, 15) is 13.6 Å². The molecule has 1 fully saturated rings. The first-order chi connectivity index (χ1) is 4.20. The highest BCUT2D eigenvalue weighted by Crippen LogP contribution is 2.12. The largest absolute Gasteiger partial charge is 0.509 e. The van der Waals surface area contributed by atoms with Crippen LogP contribution in [0.4, 0.5) is 13.6 Å². The number of alkyl halides is 2. The standard InChI is InChI=1S/C4H4F2O3/c5-3(6)2-1-8-4(7)9-2/h2-3H,1H2/t2-/m0/s1. The summed E-state index contributed by atoms with van der Waals surface area (Å²) in [7, 11) is 0. The lowest BCUT2D eigenvalue weighted by Gasteiger charge is -2.01. The van der Waals surface area contributed by atoms with Gasteiger partial charge >= 0.3 is 6.16 Å². The Labute approximate surface area is 49.5 Å². The second-order valence-electron chi connectivity index (χ2n) is 1.55. The van der Waals surface area contributed by atoms with Crippen LogP contribution in [0.25, 0.3) is 0 Å². The minimum Gasteiger partial charge on any atom is -0.430 e. The van der Waals surface area contributed by atoms with Gasteiger partial charge in [0.15, 0.2) is 6.10 Å². The van der Waals surface area contributed by atoms with E-state index in [1.54, 1.807) is 0 Å². The van der Waals surface area contributed by atoms with Gasteiger partial charge in [0.25, 0.3) is 6.43 Å². The summed E-state index contributed by atoms with van der Waals surface area (Å²) in [6.07, 6.45) is -5.02. The summed E-state index contributed by atoms with van der Waals surface area (Å²) in [5.74, 6) is 0. The van der Waals surface area contributed by atoms with Gasteiger partial charge in [-0.2, -0.15) is 0 Å². The van der Waals surface area contributed by atoms with Crippen LogP contribution in [0.1, 0.15) is 0 Å². The van der Waals surface area contributed by atoms with E-state index in [-0.39, 0.29) is 6.61 Å². The van der Waals surface area contributed by atoms with Gasteiger partial charge < -0.3 is 9.47 Å². The highest BCUT2D eigenvalue weighted by Gasteiger charge is 2.32. The SMILES string of the molecule is O=C1OC[C@@H](C(F)F)O1. The monoisotopic (exact) mass is 138 g/mol. The molecule has 0 aliphatic carbocycles. The molecule has 1 aliphatic rings. The molecule has 0 N–H and O–H groups in total. The fourth-order valence-corrected chi connectivity index (χ4v) is 0.466. The molecule has 0 bridgehead atoms. The van der Waals surface area contributed by atoms with Crippen LogP contribution in [0.15, 0.2) is 0 Å². The molecule has 0 spiro atoms. The lowest BCUT2D eigenvalue weighted by atomic mass is 10.4. The smallest absolute Gasteiger partial charge is 0.430 e. The lowest BCUT2D eigenvalue weighted by molar-refractivity contribution is 0.0104. The zero-order valence-electron chi connectivity index (χ0n) is 4.34. The van der Waals surface area contributed by atoms with Crippen molar-refractivity contribution in [3.63, 3.8) is 0 Å². The van der Waals surface area contributed by atoms with Gasteiger partial charge in [0, 0.05) is 0 Å². The quantitative estimate of drug-likeness (QED) is 0.502. The number of rotatable bonds is 1. The van der Waals surface area contributed by atoms with Gasteiger partial charge in [-0.1, -0.05) is 0 Å². The Bertz CT molecular complexity index is 125. The molecule has 1 heterocycles. The predicted molar refractivity (Wildman–Crippen MR) is 22.2 cm³/mol. The van der Waals surface area contributed by atoms with Crippen LogP contribution in [0.5, 0.6) is 0 Å². The van der Waals surface area contributed by atoms with Crippen molar-refractivity contribution in [1.82, 2.24) is 0 Å². The summed E-state index contributed by atoms with van der Waals surface area (Å²) in [5.41, 5.74) is 0. The highest BCUT2D eigenvalue weighted by molar-refractivity contribution is 5.61. The molecule has 0 aromatic carbocycles. The molecule has 5 heteroatoms. The van der Waals surface area contributed by atoms with E-state index in [2.05, 4.69) is 9.47 Å². The molecule has 1 aliphatic heterocycles. The third-order valence-electron chi connectivity index (χ3n) is 0.894. The lowest BCUT2D eigenvalue weighted by Crippen LogP contribution is -2.19. The Morgan fingerprint density at radius 1 is 1.67 bits per heavy atom. The average molecular weight is 138 g/mol. The molecule has 0 aromatic rings. The van der Waals surface area contributed by atoms with Gasteiger partial charge in [0.2, 0.25) is 0 Å². The van der Waals surface area contributed by atoms with Crippen molar-refractivity contribution in [2.24, 2.45) is 0 Å². The van der Waals surface area contributed by atoms with Gasteiger partial charge in [-0.15, -0.1) is 0 Å². The van der Waals surface area contributed by atoms with Gasteiger partial charge in [-0.05, 0) is 0 Å². The van der Waals surface area contributed by atoms with Gasteiger partial charge in [-0.3, -0.25) is 0 Å². The van der Waals surface area contributed by atoms with Crippen molar-refractivity contribution >= 4 is 6.16 Å². The number of ether oxygens (including phenoxy) is 2. The first-order valence-corrected chi connectivity index (χ1v) is 2.31. The predicted octanol–water partition coefficient (Wildman–Crippen LogP) is 0.787. The van der Waals surface area contributed by atoms with Crippen molar-refractivity contribution in [2.75, 3.05) is 6.61 Å². The van der Waals surface area contributed by atoms with E-state index in [0.29, 0.717) is 0 Å². The number of cyclic esters (lactones) is 2. The van der Waals surface area contributed by atoms with E-state index >= 15 is 0 Å². The van der Waals surface area contributed by atoms with Crippen molar-refractivity contribution < 1.29 is 23.0 Å². The molecule has 1 atom stereocenters. The summed E-state index contributed by atoms with van der Waals surface area (Å²) in [4.78, 5) is 9.98. The third-order valence-corrected chi connectivity index (χ3v) is 0.894. The second-order valence-corrected chi connectivity index (χ2v) is 1.55. The van der Waals surface area contributed by atoms with E-state index in [4.69, 9.17) is 0 Å². The average Bonchev–Trinajstić information content (AvgIpc) is 2.14. The maximum atomic E-state index is 11.6. The number of halogens is 2. The topological polar surface area (TPSA) is 35.5 Å². The zero-order chi connectivity index (χ0) is 6.85. The molecule has 9 heavy (non-hydrogen) atoms.